The van der Waals surface area contributed by atoms with Crippen molar-refractivity contribution in [2.75, 3.05) is 18.2 Å². The standard InChI is InChI=1S/C17H16ClNO5S/c1-11-6-7-14(25(2,22)23)9-15(11)17(21)24-10-16(20)19-13-5-3-4-12(18)8-13/h3-9H,10H2,1-2H3,(H,19,20). The SMILES string of the molecule is Cc1ccc(S(C)(=O)=O)cc1C(=O)OCC(=O)Nc1cccc(Cl)c1. The van der Waals surface area contributed by atoms with Gasteiger partial charge >= 0.3 is 5.97 Å². The van der Waals surface area contributed by atoms with Crippen molar-refractivity contribution in [3.8, 4) is 0 Å². The van der Waals surface area contributed by atoms with Gasteiger partial charge in [0.2, 0.25) is 0 Å². The molecule has 0 radical (unpaired) electrons. The largest absolute Gasteiger partial charge is 0.452 e. The van der Waals surface area contributed by atoms with E-state index < -0.39 is 28.3 Å². The first-order chi connectivity index (χ1) is 11.7. The molecule has 0 saturated heterocycles. The summed E-state index contributed by atoms with van der Waals surface area (Å²) in [6, 6.07) is 10.7. The van der Waals surface area contributed by atoms with Crippen molar-refractivity contribution in [3.05, 3.63) is 58.6 Å². The summed E-state index contributed by atoms with van der Waals surface area (Å²) in [6.45, 7) is 1.14. The zero-order valence-corrected chi connectivity index (χ0v) is 15.1. The van der Waals surface area contributed by atoms with E-state index in [0.29, 0.717) is 16.3 Å². The number of anilines is 1. The molecule has 0 aliphatic heterocycles. The van der Waals surface area contributed by atoms with E-state index in [0.717, 1.165) is 6.26 Å². The summed E-state index contributed by atoms with van der Waals surface area (Å²) in [4.78, 5) is 24.0. The van der Waals surface area contributed by atoms with Gasteiger partial charge in [0.25, 0.3) is 5.91 Å². The van der Waals surface area contributed by atoms with Crippen LogP contribution in [0.5, 0.6) is 0 Å². The Morgan fingerprint density at radius 1 is 1.16 bits per heavy atom. The lowest BCUT2D eigenvalue weighted by atomic mass is 10.1. The normalized spacial score (nSPS) is 11.0. The molecule has 2 aromatic rings. The fraction of sp³-hybridized carbons (Fsp3) is 0.176. The van der Waals surface area contributed by atoms with E-state index in [9.17, 15) is 18.0 Å². The number of aryl methyl sites for hydroxylation is 1. The van der Waals surface area contributed by atoms with Crippen LogP contribution >= 0.6 is 11.6 Å². The third-order valence-corrected chi connectivity index (χ3v) is 4.65. The number of nitrogens with one attached hydrogen (secondary N) is 1. The smallest absolute Gasteiger partial charge is 0.338 e. The summed E-state index contributed by atoms with van der Waals surface area (Å²) in [5.74, 6) is -1.31. The monoisotopic (exact) mass is 381 g/mol. The number of carbonyl (C=O) groups excluding carboxylic acids is 2. The van der Waals surface area contributed by atoms with Crippen molar-refractivity contribution < 1.29 is 22.7 Å². The second-order valence-electron chi connectivity index (χ2n) is 5.38. The Balaban J connectivity index is 2.04. The molecular formula is C17H16ClNO5S. The van der Waals surface area contributed by atoms with Gasteiger partial charge in [0, 0.05) is 17.0 Å². The molecule has 132 valence electrons. The van der Waals surface area contributed by atoms with E-state index >= 15 is 0 Å². The zero-order valence-electron chi connectivity index (χ0n) is 13.6. The number of halogens is 1. The van der Waals surface area contributed by atoms with Gasteiger partial charge in [0.15, 0.2) is 16.4 Å². The first-order valence-corrected chi connectivity index (χ1v) is 9.47. The highest BCUT2D eigenvalue weighted by atomic mass is 35.5. The van der Waals surface area contributed by atoms with Crippen LogP contribution in [0.4, 0.5) is 5.69 Å². The molecular weight excluding hydrogens is 366 g/mol. The molecule has 0 aliphatic rings. The zero-order chi connectivity index (χ0) is 18.6. The Morgan fingerprint density at radius 3 is 2.52 bits per heavy atom. The molecule has 0 atom stereocenters. The molecule has 0 aliphatic carbocycles. The number of sulfone groups is 1. The minimum Gasteiger partial charge on any atom is -0.452 e. The van der Waals surface area contributed by atoms with Crippen LogP contribution in [0.15, 0.2) is 47.4 Å². The molecule has 8 heteroatoms. The number of hydrogen-bond donors (Lipinski definition) is 1. The number of esters is 1. The lowest BCUT2D eigenvalue weighted by molar-refractivity contribution is -0.119. The Bertz CT molecular complexity index is 924. The summed E-state index contributed by atoms with van der Waals surface area (Å²) >= 11 is 5.82. The highest BCUT2D eigenvalue weighted by Gasteiger charge is 2.16. The van der Waals surface area contributed by atoms with Crippen molar-refractivity contribution in [1.29, 1.82) is 0 Å². The fourth-order valence-corrected chi connectivity index (χ4v) is 2.86. The van der Waals surface area contributed by atoms with Gasteiger partial charge in [-0.3, -0.25) is 4.79 Å². The maximum atomic E-state index is 12.1. The summed E-state index contributed by atoms with van der Waals surface area (Å²) in [7, 11) is -3.45. The molecule has 0 spiro atoms. The van der Waals surface area contributed by atoms with Crippen LogP contribution < -0.4 is 5.32 Å². The van der Waals surface area contributed by atoms with Crippen LogP contribution in [0.1, 0.15) is 15.9 Å². The van der Waals surface area contributed by atoms with Crippen LogP contribution in [0.25, 0.3) is 0 Å². The number of ether oxygens (including phenoxy) is 1. The van der Waals surface area contributed by atoms with Crippen molar-refractivity contribution in [1.82, 2.24) is 0 Å². The van der Waals surface area contributed by atoms with Crippen molar-refractivity contribution in [2.45, 2.75) is 11.8 Å². The number of carbonyl (C=O) groups is 2. The van der Waals surface area contributed by atoms with Crippen molar-refractivity contribution in [2.24, 2.45) is 0 Å². The van der Waals surface area contributed by atoms with Gasteiger partial charge < -0.3 is 10.1 Å². The second kappa shape index (κ2) is 7.67. The topological polar surface area (TPSA) is 89.5 Å². The molecule has 1 amide bonds. The summed E-state index contributed by atoms with van der Waals surface area (Å²) in [6.07, 6.45) is 1.05. The van der Waals surface area contributed by atoms with Crippen LogP contribution in [-0.2, 0) is 19.4 Å². The van der Waals surface area contributed by atoms with Crippen LogP contribution in [0.2, 0.25) is 5.02 Å². The van der Waals surface area contributed by atoms with Gasteiger partial charge in [-0.25, -0.2) is 13.2 Å². The fourth-order valence-electron chi connectivity index (χ4n) is 2.02. The number of rotatable bonds is 5. The average molecular weight is 382 g/mol. The van der Waals surface area contributed by atoms with Crippen LogP contribution in [-0.4, -0.2) is 33.2 Å². The maximum Gasteiger partial charge on any atom is 0.338 e. The van der Waals surface area contributed by atoms with Gasteiger partial charge in [0.1, 0.15) is 0 Å². The Morgan fingerprint density at radius 2 is 1.88 bits per heavy atom. The van der Waals surface area contributed by atoms with E-state index in [1.807, 2.05) is 0 Å². The van der Waals surface area contributed by atoms with Gasteiger partial charge in [-0.05, 0) is 42.8 Å². The van der Waals surface area contributed by atoms with Gasteiger partial charge in [0.05, 0.1) is 10.5 Å². The third-order valence-electron chi connectivity index (χ3n) is 3.30. The van der Waals surface area contributed by atoms with E-state index in [4.69, 9.17) is 16.3 Å². The predicted molar refractivity (Wildman–Crippen MR) is 94.7 cm³/mol. The average Bonchev–Trinajstić information content (AvgIpc) is 2.52. The minimum atomic E-state index is -3.45. The van der Waals surface area contributed by atoms with Gasteiger partial charge in [-0.1, -0.05) is 23.7 Å². The molecule has 2 rings (SSSR count). The third kappa shape index (κ3) is 5.30. The van der Waals surface area contributed by atoms with E-state index in [1.54, 1.807) is 31.2 Å². The molecule has 25 heavy (non-hydrogen) atoms. The quantitative estimate of drug-likeness (QED) is 0.804. The first-order valence-electron chi connectivity index (χ1n) is 7.20. The Hall–Kier alpha value is -2.38. The number of benzene rings is 2. The Kier molecular flexibility index (Phi) is 5.81. The highest BCUT2D eigenvalue weighted by molar-refractivity contribution is 7.90. The Labute approximate surface area is 150 Å². The number of hydrogen-bond acceptors (Lipinski definition) is 5. The summed E-state index contributed by atoms with van der Waals surface area (Å²) in [5.41, 5.74) is 1.12. The van der Waals surface area contributed by atoms with E-state index in [1.165, 1.54) is 18.2 Å². The first kappa shape index (κ1) is 19.0. The molecule has 1 N–H and O–H groups in total. The lowest BCUT2D eigenvalue weighted by Crippen LogP contribution is -2.21. The van der Waals surface area contributed by atoms with Gasteiger partial charge in [-0.2, -0.15) is 0 Å². The molecule has 0 bridgehead atoms. The molecule has 0 saturated carbocycles. The van der Waals surface area contributed by atoms with E-state index in [-0.39, 0.29) is 10.5 Å². The number of amides is 1. The predicted octanol–water partition coefficient (Wildman–Crippen LogP) is 2.85. The molecule has 0 fully saturated rings. The molecule has 0 heterocycles. The minimum absolute atomic E-state index is 0.00780. The van der Waals surface area contributed by atoms with Crippen molar-refractivity contribution >= 4 is 39.0 Å². The van der Waals surface area contributed by atoms with Crippen LogP contribution in [0, 0.1) is 6.92 Å². The molecule has 2 aromatic carbocycles. The second-order valence-corrected chi connectivity index (χ2v) is 7.84. The van der Waals surface area contributed by atoms with Crippen molar-refractivity contribution in [3.63, 3.8) is 0 Å². The summed E-state index contributed by atoms with van der Waals surface area (Å²) < 4.78 is 28.1. The van der Waals surface area contributed by atoms with Gasteiger partial charge in [-0.15, -0.1) is 0 Å². The lowest BCUT2D eigenvalue weighted by Gasteiger charge is -2.09. The molecule has 0 aromatic heterocycles. The highest BCUT2D eigenvalue weighted by Crippen LogP contribution is 2.17. The summed E-state index contributed by atoms with van der Waals surface area (Å²) in [5, 5.41) is 3.00. The van der Waals surface area contributed by atoms with E-state index in [2.05, 4.69) is 5.32 Å². The molecule has 0 unspecified atom stereocenters. The van der Waals surface area contributed by atoms with Crippen LogP contribution in [0.3, 0.4) is 0 Å². The molecule has 6 nitrogen and oxygen atoms in total. The maximum absolute atomic E-state index is 12.1.